The first-order valence-electron chi connectivity index (χ1n) is 7.79. The summed E-state index contributed by atoms with van der Waals surface area (Å²) in [5.41, 5.74) is 0.276. The largest absolute Gasteiger partial charge is 0.395 e. The number of aliphatic hydroxyl groups is 1. The van der Waals surface area contributed by atoms with E-state index in [9.17, 15) is 9.50 Å². The predicted octanol–water partition coefficient (Wildman–Crippen LogP) is 1.32. The SMILES string of the molecule is C[C@](CO)(c1cnc(N2CCNCC2)nc1)c1ccccc1F. The molecule has 6 heteroatoms. The molecular weight excluding hydrogens is 295 g/mol. The smallest absolute Gasteiger partial charge is 0.225 e. The van der Waals surface area contributed by atoms with Gasteiger partial charge in [0.05, 0.1) is 6.61 Å². The molecule has 1 aromatic heterocycles. The van der Waals surface area contributed by atoms with Crippen molar-refractivity contribution < 1.29 is 9.50 Å². The minimum Gasteiger partial charge on any atom is -0.395 e. The Kier molecular flexibility index (Phi) is 4.54. The molecule has 0 saturated carbocycles. The molecule has 0 radical (unpaired) electrons. The fourth-order valence-electron chi connectivity index (χ4n) is 2.87. The van der Waals surface area contributed by atoms with Gasteiger partial charge in [-0.25, -0.2) is 14.4 Å². The summed E-state index contributed by atoms with van der Waals surface area (Å²) >= 11 is 0. The number of anilines is 1. The van der Waals surface area contributed by atoms with Crippen molar-refractivity contribution in [3.8, 4) is 0 Å². The van der Waals surface area contributed by atoms with Gasteiger partial charge in [0, 0.05) is 55.1 Å². The molecular formula is C17H21FN4O. The highest BCUT2D eigenvalue weighted by Gasteiger charge is 2.32. The maximum absolute atomic E-state index is 14.2. The average Bonchev–Trinajstić information content (AvgIpc) is 2.62. The van der Waals surface area contributed by atoms with E-state index in [1.165, 1.54) is 6.07 Å². The highest BCUT2D eigenvalue weighted by atomic mass is 19.1. The maximum Gasteiger partial charge on any atom is 0.225 e. The van der Waals surface area contributed by atoms with Gasteiger partial charge in [-0.15, -0.1) is 0 Å². The second-order valence-electron chi connectivity index (χ2n) is 5.98. The second-order valence-corrected chi connectivity index (χ2v) is 5.98. The number of halogens is 1. The van der Waals surface area contributed by atoms with Gasteiger partial charge in [-0.2, -0.15) is 0 Å². The number of hydrogen-bond donors (Lipinski definition) is 2. The third-order valence-corrected chi connectivity index (χ3v) is 4.46. The van der Waals surface area contributed by atoms with Gasteiger partial charge in [-0.1, -0.05) is 18.2 Å². The summed E-state index contributed by atoms with van der Waals surface area (Å²) in [6.07, 6.45) is 3.38. The molecule has 0 spiro atoms. The molecule has 23 heavy (non-hydrogen) atoms. The van der Waals surface area contributed by atoms with Crippen molar-refractivity contribution in [2.75, 3.05) is 37.7 Å². The summed E-state index contributed by atoms with van der Waals surface area (Å²) in [7, 11) is 0. The lowest BCUT2D eigenvalue weighted by Gasteiger charge is -2.30. The van der Waals surface area contributed by atoms with Crippen molar-refractivity contribution in [3.63, 3.8) is 0 Å². The van der Waals surface area contributed by atoms with Crippen LogP contribution in [0.15, 0.2) is 36.7 Å². The van der Waals surface area contributed by atoms with Crippen LogP contribution in [0, 0.1) is 5.82 Å². The molecule has 0 bridgehead atoms. The topological polar surface area (TPSA) is 61.3 Å². The summed E-state index contributed by atoms with van der Waals surface area (Å²) in [4.78, 5) is 11.0. The number of aromatic nitrogens is 2. The number of nitrogens with zero attached hydrogens (tertiary/aromatic N) is 3. The zero-order valence-electron chi connectivity index (χ0n) is 13.2. The molecule has 1 atom stereocenters. The van der Waals surface area contributed by atoms with Crippen LogP contribution < -0.4 is 10.2 Å². The number of benzene rings is 1. The van der Waals surface area contributed by atoms with Crippen LogP contribution >= 0.6 is 0 Å². The third-order valence-electron chi connectivity index (χ3n) is 4.46. The van der Waals surface area contributed by atoms with Gasteiger partial charge < -0.3 is 15.3 Å². The second kappa shape index (κ2) is 6.60. The average molecular weight is 316 g/mol. The first-order valence-corrected chi connectivity index (χ1v) is 7.79. The fourth-order valence-corrected chi connectivity index (χ4v) is 2.87. The quantitative estimate of drug-likeness (QED) is 0.891. The number of hydrogen-bond acceptors (Lipinski definition) is 5. The van der Waals surface area contributed by atoms with E-state index in [2.05, 4.69) is 20.2 Å². The minimum absolute atomic E-state index is 0.218. The van der Waals surface area contributed by atoms with Gasteiger partial charge in [0.25, 0.3) is 0 Å². The van der Waals surface area contributed by atoms with Gasteiger partial charge in [0.1, 0.15) is 5.82 Å². The van der Waals surface area contributed by atoms with Crippen molar-refractivity contribution in [1.82, 2.24) is 15.3 Å². The van der Waals surface area contributed by atoms with Crippen LogP contribution in [-0.2, 0) is 5.41 Å². The van der Waals surface area contributed by atoms with Gasteiger partial charge >= 0.3 is 0 Å². The zero-order chi connectivity index (χ0) is 16.3. The first kappa shape index (κ1) is 15.8. The molecule has 1 aromatic carbocycles. The normalized spacial score (nSPS) is 17.8. The summed E-state index contributed by atoms with van der Waals surface area (Å²) in [6, 6.07) is 6.50. The summed E-state index contributed by atoms with van der Waals surface area (Å²) in [5, 5.41) is 13.2. The summed E-state index contributed by atoms with van der Waals surface area (Å²) in [6.45, 7) is 5.14. The van der Waals surface area contributed by atoms with E-state index in [1.807, 2.05) is 0 Å². The molecule has 1 aliphatic rings. The molecule has 122 valence electrons. The molecule has 1 saturated heterocycles. The van der Waals surface area contributed by atoms with E-state index in [4.69, 9.17) is 0 Å². The van der Waals surface area contributed by atoms with E-state index in [-0.39, 0.29) is 12.4 Å². The Hall–Kier alpha value is -2.05. The van der Waals surface area contributed by atoms with E-state index in [1.54, 1.807) is 37.5 Å². The Labute approximate surface area is 135 Å². The number of piperazine rings is 1. The van der Waals surface area contributed by atoms with Gasteiger partial charge in [-0.05, 0) is 13.0 Å². The molecule has 2 heterocycles. The monoisotopic (exact) mass is 316 g/mol. The van der Waals surface area contributed by atoms with Crippen molar-refractivity contribution in [1.29, 1.82) is 0 Å². The van der Waals surface area contributed by atoms with Crippen molar-refractivity contribution in [2.45, 2.75) is 12.3 Å². The molecule has 0 amide bonds. The molecule has 0 unspecified atom stereocenters. The number of nitrogens with one attached hydrogen (secondary N) is 1. The standard InChI is InChI=1S/C17H21FN4O/c1-17(12-23,14-4-2-3-5-15(14)18)13-10-20-16(21-11-13)22-8-6-19-7-9-22/h2-5,10-11,19,23H,6-9,12H2,1H3/t17-/m0/s1. The van der Waals surface area contributed by atoms with Gasteiger partial charge in [-0.3, -0.25) is 0 Å². The Morgan fingerprint density at radius 3 is 2.48 bits per heavy atom. The van der Waals surface area contributed by atoms with Crippen LogP contribution in [0.5, 0.6) is 0 Å². The minimum atomic E-state index is -0.868. The Morgan fingerprint density at radius 2 is 1.87 bits per heavy atom. The van der Waals surface area contributed by atoms with Crippen LogP contribution in [0.3, 0.4) is 0 Å². The molecule has 3 rings (SSSR count). The van der Waals surface area contributed by atoms with Gasteiger partial charge in [0.15, 0.2) is 0 Å². The lowest BCUT2D eigenvalue weighted by atomic mass is 9.78. The van der Waals surface area contributed by atoms with Crippen LogP contribution in [0.4, 0.5) is 10.3 Å². The molecule has 5 nitrogen and oxygen atoms in total. The van der Waals surface area contributed by atoms with Crippen molar-refractivity contribution in [2.24, 2.45) is 0 Å². The predicted molar refractivity (Wildman–Crippen MR) is 87.1 cm³/mol. The van der Waals surface area contributed by atoms with E-state index < -0.39 is 5.41 Å². The zero-order valence-corrected chi connectivity index (χ0v) is 13.2. The molecule has 2 aromatic rings. The Bertz CT molecular complexity index is 658. The van der Waals surface area contributed by atoms with Crippen LogP contribution in [0.2, 0.25) is 0 Å². The Balaban J connectivity index is 1.91. The van der Waals surface area contributed by atoms with E-state index in [0.29, 0.717) is 17.1 Å². The van der Waals surface area contributed by atoms with Crippen molar-refractivity contribution >= 4 is 5.95 Å². The van der Waals surface area contributed by atoms with Gasteiger partial charge in [0.2, 0.25) is 5.95 Å². The van der Waals surface area contributed by atoms with E-state index in [0.717, 1.165) is 26.2 Å². The molecule has 0 aliphatic carbocycles. The Morgan fingerprint density at radius 1 is 1.22 bits per heavy atom. The summed E-state index contributed by atoms with van der Waals surface area (Å²) in [5.74, 6) is 0.333. The summed E-state index contributed by atoms with van der Waals surface area (Å²) < 4.78 is 14.2. The molecule has 1 fully saturated rings. The van der Waals surface area contributed by atoms with Crippen LogP contribution in [0.1, 0.15) is 18.1 Å². The maximum atomic E-state index is 14.2. The van der Waals surface area contributed by atoms with Crippen LogP contribution in [-0.4, -0.2) is 47.9 Å². The number of aliphatic hydroxyl groups excluding tert-OH is 1. The lowest BCUT2D eigenvalue weighted by Crippen LogP contribution is -2.44. The highest BCUT2D eigenvalue weighted by molar-refractivity contribution is 5.39. The first-order chi connectivity index (χ1) is 11.1. The van der Waals surface area contributed by atoms with Crippen molar-refractivity contribution in [3.05, 3.63) is 53.6 Å². The number of rotatable bonds is 4. The van der Waals surface area contributed by atoms with E-state index >= 15 is 0 Å². The molecule has 2 N–H and O–H groups in total. The third kappa shape index (κ3) is 3.04. The lowest BCUT2D eigenvalue weighted by molar-refractivity contribution is 0.227. The molecule has 1 aliphatic heterocycles. The van der Waals surface area contributed by atoms with Crippen LogP contribution in [0.25, 0.3) is 0 Å². The highest BCUT2D eigenvalue weighted by Crippen LogP contribution is 2.32. The fraction of sp³-hybridized carbons (Fsp3) is 0.412.